The van der Waals surface area contributed by atoms with E-state index in [0.717, 1.165) is 42.7 Å². The maximum Gasteiger partial charge on any atom is 0.254 e. The maximum atomic E-state index is 13.0. The van der Waals surface area contributed by atoms with E-state index in [0.29, 0.717) is 11.6 Å². The van der Waals surface area contributed by atoms with Gasteiger partial charge in [0.05, 0.1) is 17.1 Å². The van der Waals surface area contributed by atoms with Crippen LogP contribution in [0.4, 0.5) is 0 Å². The second kappa shape index (κ2) is 8.83. The second-order valence-electron chi connectivity index (χ2n) is 6.63. The van der Waals surface area contributed by atoms with Crippen LogP contribution in [0.3, 0.4) is 0 Å². The molecule has 2 aromatic rings. The Labute approximate surface area is 161 Å². The van der Waals surface area contributed by atoms with Crippen LogP contribution in [-0.4, -0.2) is 51.8 Å². The van der Waals surface area contributed by atoms with Crippen LogP contribution in [0.1, 0.15) is 48.8 Å². The van der Waals surface area contributed by atoms with Crippen molar-refractivity contribution >= 4 is 41.8 Å². The summed E-state index contributed by atoms with van der Waals surface area (Å²) in [5.74, 6) is 0.0655. The summed E-state index contributed by atoms with van der Waals surface area (Å²) in [4.78, 5) is 19.5. The average Bonchev–Trinajstić information content (AvgIpc) is 2.97. The Kier molecular flexibility index (Phi) is 7.65. The van der Waals surface area contributed by atoms with E-state index >= 15 is 0 Å². The molecule has 0 aliphatic carbocycles. The molecular formula is C17H27Cl2N5O. The van der Waals surface area contributed by atoms with Gasteiger partial charge in [0.2, 0.25) is 0 Å². The lowest BCUT2D eigenvalue weighted by Gasteiger charge is -2.31. The van der Waals surface area contributed by atoms with Gasteiger partial charge in [-0.2, -0.15) is 5.10 Å². The SMILES string of the molecule is Cc1cc(C(=O)N(C)C2CCNCC2)c2cnn(C(C)C)c2n1.Cl.Cl. The molecule has 0 saturated carbocycles. The van der Waals surface area contributed by atoms with Gasteiger partial charge >= 0.3 is 0 Å². The summed E-state index contributed by atoms with van der Waals surface area (Å²) in [6, 6.07) is 2.40. The lowest BCUT2D eigenvalue weighted by molar-refractivity contribution is 0.0705. The van der Waals surface area contributed by atoms with Gasteiger partial charge in [0, 0.05) is 24.8 Å². The molecule has 3 rings (SSSR count). The molecule has 6 nitrogen and oxygen atoms in total. The molecule has 0 atom stereocenters. The van der Waals surface area contributed by atoms with Gasteiger partial charge < -0.3 is 10.2 Å². The van der Waals surface area contributed by atoms with E-state index in [-0.39, 0.29) is 36.8 Å². The minimum Gasteiger partial charge on any atom is -0.339 e. The number of rotatable bonds is 3. The number of aryl methyl sites for hydroxylation is 1. The number of nitrogens with one attached hydrogen (secondary N) is 1. The zero-order chi connectivity index (χ0) is 16.6. The number of hydrogen-bond donors (Lipinski definition) is 1. The topological polar surface area (TPSA) is 63.1 Å². The zero-order valence-electron chi connectivity index (χ0n) is 15.2. The third-order valence-electron chi connectivity index (χ3n) is 4.59. The highest BCUT2D eigenvalue weighted by atomic mass is 35.5. The van der Waals surface area contributed by atoms with Crippen LogP contribution in [-0.2, 0) is 0 Å². The van der Waals surface area contributed by atoms with Crippen LogP contribution in [0.15, 0.2) is 12.3 Å². The molecule has 1 aliphatic rings. The highest BCUT2D eigenvalue weighted by molar-refractivity contribution is 6.05. The summed E-state index contributed by atoms with van der Waals surface area (Å²) >= 11 is 0. The summed E-state index contributed by atoms with van der Waals surface area (Å²) in [6.45, 7) is 8.01. The molecule has 1 fully saturated rings. The summed E-state index contributed by atoms with van der Waals surface area (Å²) in [5.41, 5.74) is 2.35. The summed E-state index contributed by atoms with van der Waals surface area (Å²) < 4.78 is 1.88. The lowest BCUT2D eigenvalue weighted by atomic mass is 10.0. The van der Waals surface area contributed by atoms with Gasteiger partial charge in [0.1, 0.15) is 0 Å². The molecule has 0 unspecified atom stereocenters. The molecule has 1 amide bonds. The molecule has 1 saturated heterocycles. The van der Waals surface area contributed by atoms with Crippen molar-refractivity contribution in [2.45, 2.75) is 45.7 Å². The van der Waals surface area contributed by atoms with Gasteiger partial charge in [-0.3, -0.25) is 4.79 Å². The van der Waals surface area contributed by atoms with Crippen molar-refractivity contribution in [2.24, 2.45) is 0 Å². The van der Waals surface area contributed by atoms with E-state index in [9.17, 15) is 4.79 Å². The summed E-state index contributed by atoms with van der Waals surface area (Å²) in [6.07, 6.45) is 3.77. The fourth-order valence-electron chi connectivity index (χ4n) is 3.25. The first-order valence-corrected chi connectivity index (χ1v) is 8.31. The summed E-state index contributed by atoms with van der Waals surface area (Å²) in [7, 11) is 1.91. The van der Waals surface area contributed by atoms with Crippen LogP contribution in [0.2, 0.25) is 0 Å². The Bertz CT molecular complexity index is 725. The molecule has 1 aliphatic heterocycles. The average molecular weight is 388 g/mol. The van der Waals surface area contributed by atoms with Crippen LogP contribution in [0.5, 0.6) is 0 Å². The lowest BCUT2D eigenvalue weighted by Crippen LogP contribution is -2.44. The van der Waals surface area contributed by atoms with Crippen molar-refractivity contribution in [1.29, 1.82) is 0 Å². The van der Waals surface area contributed by atoms with Crippen molar-refractivity contribution in [3.05, 3.63) is 23.5 Å². The van der Waals surface area contributed by atoms with Gasteiger partial charge in [-0.25, -0.2) is 9.67 Å². The predicted molar refractivity (Wildman–Crippen MR) is 105 cm³/mol. The fourth-order valence-corrected chi connectivity index (χ4v) is 3.25. The smallest absolute Gasteiger partial charge is 0.254 e. The maximum absolute atomic E-state index is 13.0. The van der Waals surface area contributed by atoms with E-state index in [4.69, 9.17) is 0 Å². The minimum atomic E-state index is 0. The number of aromatic nitrogens is 3. The predicted octanol–water partition coefficient (Wildman–Crippen LogP) is 2.99. The highest BCUT2D eigenvalue weighted by Crippen LogP contribution is 2.23. The van der Waals surface area contributed by atoms with Gasteiger partial charge in [-0.1, -0.05) is 0 Å². The monoisotopic (exact) mass is 387 g/mol. The first-order chi connectivity index (χ1) is 11.0. The van der Waals surface area contributed by atoms with Crippen LogP contribution < -0.4 is 5.32 Å². The Hall–Kier alpha value is -1.37. The number of pyridine rings is 1. The Morgan fingerprint density at radius 3 is 2.56 bits per heavy atom. The number of hydrogen-bond acceptors (Lipinski definition) is 4. The van der Waals surface area contributed by atoms with Gasteiger partial charge in [-0.05, 0) is 52.8 Å². The van der Waals surface area contributed by atoms with Gasteiger partial charge in [0.15, 0.2) is 5.65 Å². The van der Waals surface area contributed by atoms with E-state index in [1.165, 1.54) is 0 Å². The molecule has 140 valence electrons. The number of carbonyl (C=O) groups is 1. The van der Waals surface area contributed by atoms with Crippen LogP contribution >= 0.6 is 24.8 Å². The standard InChI is InChI=1S/C17H25N5O.2ClH/c1-11(2)22-16-15(10-19-22)14(9-12(3)20-16)17(23)21(4)13-5-7-18-8-6-13;;/h9-11,13,18H,5-8H2,1-4H3;2*1H. The van der Waals surface area contributed by atoms with Crippen molar-refractivity contribution < 1.29 is 4.79 Å². The number of nitrogens with zero attached hydrogens (tertiary/aromatic N) is 4. The molecule has 0 radical (unpaired) electrons. The summed E-state index contributed by atoms with van der Waals surface area (Å²) in [5, 5.41) is 8.61. The van der Waals surface area contributed by atoms with Crippen LogP contribution in [0, 0.1) is 6.92 Å². The Balaban J connectivity index is 0.00000156. The molecule has 25 heavy (non-hydrogen) atoms. The van der Waals surface area contributed by atoms with Crippen LogP contribution in [0.25, 0.3) is 11.0 Å². The first-order valence-electron chi connectivity index (χ1n) is 8.31. The van der Waals surface area contributed by atoms with E-state index < -0.39 is 0 Å². The van der Waals surface area contributed by atoms with E-state index in [1.54, 1.807) is 6.20 Å². The number of carbonyl (C=O) groups excluding carboxylic acids is 1. The number of amides is 1. The molecule has 3 heterocycles. The third-order valence-corrected chi connectivity index (χ3v) is 4.59. The molecule has 1 N–H and O–H groups in total. The number of fused-ring (bicyclic) bond motifs is 1. The largest absolute Gasteiger partial charge is 0.339 e. The fraction of sp³-hybridized carbons (Fsp3) is 0.588. The highest BCUT2D eigenvalue weighted by Gasteiger charge is 2.25. The van der Waals surface area contributed by atoms with Crippen molar-refractivity contribution in [3.8, 4) is 0 Å². The molecule has 2 aromatic heterocycles. The van der Waals surface area contributed by atoms with E-state index in [2.05, 4.69) is 29.2 Å². The second-order valence-corrected chi connectivity index (χ2v) is 6.63. The van der Waals surface area contributed by atoms with Crippen molar-refractivity contribution in [1.82, 2.24) is 25.0 Å². The normalized spacial score (nSPS) is 14.9. The van der Waals surface area contributed by atoms with Gasteiger partial charge in [-0.15, -0.1) is 24.8 Å². The zero-order valence-corrected chi connectivity index (χ0v) is 16.8. The minimum absolute atomic E-state index is 0. The van der Waals surface area contributed by atoms with Crippen molar-refractivity contribution in [3.63, 3.8) is 0 Å². The molecule has 0 bridgehead atoms. The Morgan fingerprint density at radius 1 is 1.32 bits per heavy atom. The van der Waals surface area contributed by atoms with Crippen molar-refractivity contribution in [2.75, 3.05) is 20.1 Å². The quantitative estimate of drug-likeness (QED) is 0.878. The molecule has 0 aromatic carbocycles. The Morgan fingerprint density at radius 2 is 1.96 bits per heavy atom. The van der Waals surface area contributed by atoms with Gasteiger partial charge in [0.25, 0.3) is 5.91 Å². The number of halogens is 2. The van der Waals surface area contributed by atoms with E-state index in [1.807, 2.05) is 29.6 Å². The number of piperidine rings is 1. The molecule has 8 heteroatoms. The molecule has 0 spiro atoms. The first kappa shape index (κ1) is 21.7. The molecular weight excluding hydrogens is 361 g/mol. The third kappa shape index (κ3) is 4.25.